The first-order chi connectivity index (χ1) is 11.9. The molecule has 0 radical (unpaired) electrons. The summed E-state index contributed by atoms with van der Waals surface area (Å²) in [4.78, 5) is 28.0. The Kier molecular flexibility index (Phi) is 4.33. The number of carbonyl (C=O) groups is 2. The molecule has 1 aromatic heterocycles. The molecule has 128 valence electrons. The smallest absolute Gasteiger partial charge is 0.411 e. The molecule has 0 unspecified atom stereocenters. The SMILES string of the molecule is Cc1ccc(NC(=O)n2c(NC(=O)O)nc3c(C)cccc32)cc1Cl. The fourth-order valence-electron chi connectivity index (χ4n) is 2.47. The number of fused-ring (bicyclic) bond motifs is 1. The first-order valence-electron chi connectivity index (χ1n) is 7.42. The molecule has 0 aliphatic carbocycles. The lowest BCUT2D eigenvalue weighted by Crippen LogP contribution is -2.23. The third-order valence-corrected chi connectivity index (χ3v) is 4.14. The molecule has 3 rings (SSSR count). The van der Waals surface area contributed by atoms with Crippen LogP contribution in [0.15, 0.2) is 36.4 Å². The molecule has 0 aliphatic rings. The molecular weight excluding hydrogens is 344 g/mol. The number of carbonyl (C=O) groups excluding carboxylic acids is 1. The number of aromatic nitrogens is 2. The first-order valence-corrected chi connectivity index (χ1v) is 7.80. The van der Waals surface area contributed by atoms with E-state index in [2.05, 4.69) is 15.6 Å². The Balaban J connectivity index is 2.06. The summed E-state index contributed by atoms with van der Waals surface area (Å²) in [6.07, 6.45) is -1.31. The van der Waals surface area contributed by atoms with Crippen LogP contribution in [0.3, 0.4) is 0 Å². The second-order valence-electron chi connectivity index (χ2n) is 5.54. The van der Waals surface area contributed by atoms with Crippen molar-refractivity contribution in [3.63, 3.8) is 0 Å². The number of amides is 2. The van der Waals surface area contributed by atoms with E-state index in [0.717, 1.165) is 11.1 Å². The highest BCUT2D eigenvalue weighted by Gasteiger charge is 2.19. The number of hydrogen-bond donors (Lipinski definition) is 3. The van der Waals surface area contributed by atoms with Crippen molar-refractivity contribution in [2.45, 2.75) is 13.8 Å². The Hall–Kier alpha value is -3.06. The Bertz CT molecular complexity index is 997. The zero-order chi connectivity index (χ0) is 18.1. The molecule has 8 heteroatoms. The molecule has 0 spiro atoms. The molecule has 0 saturated carbocycles. The second kappa shape index (κ2) is 6.45. The van der Waals surface area contributed by atoms with Crippen LogP contribution in [0.25, 0.3) is 11.0 Å². The number of benzene rings is 2. The molecule has 0 atom stereocenters. The molecular formula is C17H15ClN4O3. The lowest BCUT2D eigenvalue weighted by atomic mass is 10.2. The van der Waals surface area contributed by atoms with Crippen LogP contribution >= 0.6 is 11.6 Å². The summed E-state index contributed by atoms with van der Waals surface area (Å²) in [6.45, 7) is 3.69. The van der Waals surface area contributed by atoms with Crippen molar-refractivity contribution in [3.05, 3.63) is 52.5 Å². The highest BCUT2D eigenvalue weighted by Crippen LogP contribution is 2.24. The Morgan fingerprint density at radius 2 is 1.88 bits per heavy atom. The molecule has 1 heterocycles. The number of nitrogens with one attached hydrogen (secondary N) is 2. The molecule has 2 amide bonds. The van der Waals surface area contributed by atoms with Crippen LogP contribution in [0.4, 0.5) is 21.2 Å². The monoisotopic (exact) mass is 358 g/mol. The van der Waals surface area contributed by atoms with E-state index in [1.165, 1.54) is 4.57 Å². The number of anilines is 2. The lowest BCUT2D eigenvalue weighted by molar-refractivity contribution is 0.209. The van der Waals surface area contributed by atoms with Gasteiger partial charge in [-0.1, -0.05) is 29.8 Å². The minimum Gasteiger partial charge on any atom is -0.465 e. The minimum absolute atomic E-state index is 0.0764. The van der Waals surface area contributed by atoms with Gasteiger partial charge < -0.3 is 10.4 Å². The summed E-state index contributed by atoms with van der Waals surface area (Å²) in [5, 5.41) is 14.4. The fourth-order valence-corrected chi connectivity index (χ4v) is 2.65. The zero-order valence-corrected chi connectivity index (χ0v) is 14.3. The van der Waals surface area contributed by atoms with Crippen molar-refractivity contribution < 1.29 is 14.7 Å². The van der Waals surface area contributed by atoms with Gasteiger partial charge in [0.15, 0.2) is 0 Å². The largest absolute Gasteiger partial charge is 0.465 e. The molecule has 7 nitrogen and oxygen atoms in total. The number of hydrogen-bond acceptors (Lipinski definition) is 3. The summed E-state index contributed by atoms with van der Waals surface area (Å²) in [6, 6.07) is 9.89. The molecule has 3 aromatic rings. The van der Waals surface area contributed by atoms with Crippen LogP contribution in [0, 0.1) is 13.8 Å². The van der Waals surface area contributed by atoms with Crippen molar-refractivity contribution in [2.24, 2.45) is 0 Å². The van der Waals surface area contributed by atoms with Crippen LogP contribution in [-0.2, 0) is 0 Å². The Morgan fingerprint density at radius 3 is 2.56 bits per heavy atom. The van der Waals surface area contributed by atoms with Crippen molar-refractivity contribution in [1.82, 2.24) is 9.55 Å². The van der Waals surface area contributed by atoms with Crippen LogP contribution in [0.1, 0.15) is 11.1 Å². The predicted octanol–water partition coefficient (Wildman–Crippen LogP) is 4.48. The van der Waals surface area contributed by atoms with Crippen LogP contribution in [0.5, 0.6) is 0 Å². The molecule has 0 bridgehead atoms. The van der Waals surface area contributed by atoms with Gasteiger partial charge in [0.25, 0.3) is 0 Å². The number of imidazole rings is 1. The van der Waals surface area contributed by atoms with Crippen LogP contribution in [0.2, 0.25) is 5.02 Å². The molecule has 25 heavy (non-hydrogen) atoms. The summed E-state index contributed by atoms with van der Waals surface area (Å²) in [5.74, 6) is -0.0764. The molecule has 0 saturated heterocycles. The third kappa shape index (κ3) is 3.27. The second-order valence-corrected chi connectivity index (χ2v) is 5.94. The van der Waals surface area contributed by atoms with E-state index >= 15 is 0 Å². The maximum Gasteiger partial charge on any atom is 0.411 e. The topological polar surface area (TPSA) is 96.2 Å². The highest BCUT2D eigenvalue weighted by molar-refractivity contribution is 6.31. The van der Waals surface area contributed by atoms with Gasteiger partial charge in [-0.2, -0.15) is 0 Å². The maximum absolute atomic E-state index is 12.7. The predicted molar refractivity (Wildman–Crippen MR) is 96.7 cm³/mol. The van der Waals surface area contributed by atoms with Gasteiger partial charge in [-0.15, -0.1) is 0 Å². The van der Waals surface area contributed by atoms with E-state index in [0.29, 0.717) is 21.7 Å². The normalized spacial score (nSPS) is 10.7. The Morgan fingerprint density at radius 1 is 1.12 bits per heavy atom. The first kappa shape index (κ1) is 16.8. The van der Waals surface area contributed by atoms with E-state index in [1.807, 2.05) is 19.9 Å². The summed E-state index contributed by atoms with van der Waals surface area (Å²) in [7, 11) is 0. The summed E-state index contributed by atoms with van der Waals surface area (Å²) >= 11 is 6.08. The molecule has 2 aromatic carbocycles. The molecule has 3 N–H and O–H groups in total. The van der Waals surface area contributed by atoms with Crippen molar-refractivity contribution in [3.8, 4) is 0 Å². The van der Waals surface area contributed by atoms with E-state index in [9.17, 15) is 9.59 Å². The maximum atomic E-state index is 12.7. The average Bonchev–Trinajstić information content (AvgIpc) is 2.89. The van der Waals surface area contributed by atoms with Gasteiger partial charge in [0.05, 0.1) is 11.0 Å². The Labute approximate surface area is 148 Å². The van der Waals surface area contributed by atoms with Gasteiger partial charge in [0, 0.05) is 10.7 Å². The summed E-state index contributed by atoms with van der Waals surface area (Å²) < 4.78 is 1.18. The number of rotatable bonds is 2. The van der Waals surface area contributed by atoms with Gasteiger partial charge in [0.1, 0.15) is 0 Å². The van der Waals surface area contributed by atoms with Gasteiger partial charge in [-0.25, -0.2) is 19.1 Å². The lowest BCUT2D eigenvalue weighted by Gasteiger charge is -2.10. The van der Waals surface area contributed by atoms with E-state index in [1.54, 1.807) is 30.3 Å². The third-order valence-electron chi connectivity index (χ3n) is 3.73. The number of aryl methyl sites for hydroxylation is 2. The number of halogens is 1. The van der Waals surface area contributed by atoms with E-state index < -0.39 is 12.1 Å². The van der Waals surface area contributed by atoms with E-state index in [4.69, 9.17) is 16.7 Å². The number of nitrogens with zero attached hydrogens (tertiary/aromatic N) is 2. The van der Waals surface area contributed by atoms with Gasteiger partial charge in [0.2, 0.25) is 5.95 Å². The zero-order valence-electron chi connectivity index (χ0n) is 13.5. The fraction of sp³-hybridized carbons (Fsp3) is 0.118. The van der Waals surface area contributed by atoms with Crippen molar-refractivity contribution in [2.75, 3.05) is 10.6 Å². The van der Waals surface area contributed by atoms with Crippen molar-refractivity contribution in [1.29, 1.82) is 0 Å². The molecule has 0 fully saturated rings. The minimum atomic E-state index is -1.31. The van der Waals surface area contributed by atoms with Crippen molar-refractivity contribution >= 4 is 46.4 Å². The average molecular weight is 359 g/mol. The molecule has 0 aliphatic heterocycles. The van der Waals surface area contributed by atoms with E-state index in [-0.39, 0.29) is 5.95 Å². The van der Waals surface area contributed by atoms with Gasteiger partial charge in [-0.3, -0.25) is 5.32 Å². The number of carboxylic acid groups (broad SMARTS) is 1. The number of para-hydroxylation sites is 1. The quantitative estimate of drug-likeness (QED) is 0.629. The van der Waals surface area contributed by atoms with Gasteiger partial charge >= 0.3 is 12.1 Å². The van der Waals surface area contributed by atoms with Crippen LogP contribution < -0.4 is 10.6 Å². The standard InChI is InChI=1S/C17H15ClN4O3/c1-9-6-7-11(8-12(9)18)19-16(23)22-13-5-3-4-10(2)14(13)20-15(22)21-17(24)25/h3-8H,1-2H3,(H,19,23)(H,20,21)(H,24,25). The van der Waals surface area contributed by atoms with Crippen LogP contribution in [-0.4, -0.2) is 26.8 Å². The highest BCUT2D eigenvalue weighted by atomic mass is 35.5. The summed E-state index contributed by atoms with van der Waals surface area (Å²) in [5.41, 5.74) is 3.26. The van der Waals surface area contributed by atoms with Gasteiger partial charge in [-0.05, 0) is 43.2 Å².